The standard InChI is InChI=1S/C18H24N4O/c23-16(14-22-9-3-8-19-22)13-21-11-10-20(12-15-6-7-15)17-4-1-2-5-18(17)21/h1-5,8-9,15-16,23H,6-7,10-14H2/t16-/m1/s1. The zero-order valence-corrected chi connectivity index (χ0v) is 13.4. The molecule has 5 nitrogen and oxygen atoms in total. The number of anilines is 2. The van der Waals surface area contributed by atoms with E-state index in [-0.39, 0.29) is 0 Å². The van der Waals surface area contributed by atoms with Crippen LogP contribution >= 0.6 is 0 Å². The third-order valence-corrected chi connectivity index (χ3v) is 4.77. The molecule has 0 bridgehead atoms. The second-order valence-corrected chi connectivity index (χ2v) is 6.71. The Morgan fingerprint density at radius 1 is 1.04 bits per heavy atom. The van der Waals surface area contributed by atoms with Gasteiger partial charge in [0.1, 0.15) is 0 Å². The quantitative estimate of drug-likeness (QED) is 0.886. The van der Waals surface area contributed by atoms with E-state index in [0.29, 0.717) is 13.1 Å². The molecule has 1 atom stereocenters. The Balaban J connectivity index is 1.46. The number of hydrogen-bond donors (Lipinski definition) is 1. The molecule has 1 aliphatic carbocycles. The summed E-state index contributed by atoms with van der Waals surface area (Å²) in [6, 6.07) is 10.5. The molecular formula is C18H24N4O. The lowest BCUT2D eigenvalue weighted by Crippen LogP contribution is -2.45. The first-order valence-electron chi connectivity index (χ1n) is 8.54. The van der Waals surface area contributed by atoms with Crippen molar-refractivity contribution in [3.63, 3.8) is 0 Å². The summed E-state index contributed by atoms with van der Waals surface area (Å²) in [6.45, 7) is 4.38. The van der Waals surface area contributed by atoms with Gasteiger partial charge in [-0.2, -0.15) is 5.10 Å². The molecule has 0 unspecified atom stereocenters. The van der Waals surface area contributed by atoms with Gasteiger partial charge in [-0.1, -0.05) is 12.1 Å². The molecule has 1 saturated carbocycles. The van der Waals surface area contributed by atoms with Crippen LogP contribution in [-0.4, -0.2) is 47.2 Å². The molecule has 2 aliphatic rings. The Kier molecular flexibility index (Phi) is 3.95. The van der Waals surface area contributed by atoms with Gasteiger partial charge in [0.2, 0.25) is 0 Å². The SMILES string of the molecule is O[C@H](CN1CCN(CC2CC2)c2ccccc21)Cn1cccn1. The van der Waals surface area contributed by atoms with Gasteiger partial charge < -0.3 is 14.9 Å². The number of fused-ring (bicyclic) bond motifs is 1. The van der Waals surface area contributed by atoms with E-state index in [0.717, 1.165) is 19.0 Å². The third kappa shape index (κ3) is 3.34. The van der Waals surface area contributed by atoms with Crippen molar-refractivity contribution >= 4 is 11.4 Å². The molecular weight excluding hydrogens is 288 g/mol. The Morgan fingerprint density at radius 3 is 2.48 bits per heavy atom. The Bertz CT molecular complexity index is 638. The highest BCUT2D eigenvalue weighted by Gasteiger charge is 2.29. The number of β-amino-alcohol motifs (C(OH)–C–C–N with tert-alkyl or cyclic N) is 1. The molecule has 1 aromatic heterocycles. The average Bonchev–Trinajstić information content (AvgIpc) is 3.24. The number of para-hydroxylation sites is 2. The second kappa shape index (κ2) is 6.24. The average molecular weight is 312 g/mol. The first kappa shape index (κ1) is 14.6. The molecule has 0 amide bonds. The minimum Gasteiger partial charge on any atom is -0.389 e. The number of aliphatic hydroxyl groups is 1. The van der Waals surface area contributed by atoms with Gasteiger partial charge in [0.25, 0.3) is 0 Å². The fourth-order valence-corrected chi connectivity index (χ4v) is 3.41. The largest absolute Gasteiger partial charge is 0.389 e. The van der Waals surface area contributed by atoms with Crippen molar-refractivity contribution in [3.05, 3.63) is 42.7 Å². The summed E-state index contributed by atoms with van der Waals surface area (Å²) >= 11 is 0. The zero-order valence-electron chi connectivity index (χ0n) is 13.4. The monoisotopic (exact) mass is 312 g/mol. The molecule has 1 aliphatic heterocycles. The van der Waals surface area contributed by atoms with Crippen molar-refractivity contribution in [3.8, 4) is 0 Å². The molecule has 1 aromatic carbocycles. The molecule has 2 heterocycles. The summed E-state index contributed by atoms with van der Waals surface area (Å²) in [5, 5.41) is 14.6. The van der Waals surface area contributed by atoms with Crippen molar-refractivity contribution in [1.82, 2.24) is 9.78 Å². The maximum Gasteiger partial charge on any atom is 0.0910 e. The van der Waals surface area contributed by atoms with Crippen LogP contribution in [0.1, 0.15) is 12.8 Å². The predicted molar refractivity (Wildman–Crippen MR) is 91.8 cm³/mol. The van der Waals surface area contributed by atoms with Gasteiger partial charge in [-0.3, -0.25) is 4.68 Å². The van der Waals surface area contributed by atoms with Crippen LogP contribution in [0, 0.1) is 5.92 Å². The fourth-order valence-electron chi connectivity index (χ4n) is 3.41. The van der Waals surface area contributed by atoms with E-state index >= 15 is 0 Å². The van der Waals surface area contributed by atoms with Crippen molar-refractivity contribution in [2.45, 2.75) is 25.5 Å². The maximum absolute atomic E-state index is 10.4. The number of benzene rings is 1. The first-order valence-corrected chi connectivity index (χ1v) is 8.54. The van der Waals surface area contributed by atoms with Crippen LogP contribution < -0.4 is 9.80 Å². The molecule has 2 aromatic rings. The van der Waals surface area contributed by atoms with E-state index < -0.39 is 6.10 Å². The molecule has 0 spiro atoms. The number of nitrogens with zero attached hydrogens (tertiary/aromatic N) is 4. The molecule has 0 saturated heterocycles. The van der Waals surface area contributed by atoms with Crippen molar-refractivity contribution in [1.29, 1.82) is 0 Å². The molecule has 1 fully saturated rings. The molecule has 5 heteroatoms. The van der Waals surface area contributed by atoms with Gasteiger partial charge >= 0.3 is 0 Å². The van der Waals surface area contributed by atoms with Crippen LogP contribution in [0.15, 0.2) is 42.7 Å². The maximum atomic E-state index is 10.4. The number of hydrogen-bond acceptors (Lipinski definition) is 4. The van der Waals surface area contributed by atoms with Gasteiger partial charge in [0, 0.05) is 38.6 Å². The highest BCUT2D eigenvalue weighted by atomic mass is 16.3. The van der Waals surface area contributed by atoms with E-state index in [9.17, 15) is 5.11 Å². The van der Waals surface area contributed by atoms with Gasteiger partial charge in [-0.05, 0) is 37.0 Å². The summed E-state index contributed by atoms with van der Waals surface area (Å²) in [5.41, 5.74) is 2.57. The molecule has 122 valence electrons. The molecule has 1 N–H and O–H groups in total. The van der Waals surface area contributed by atoms with Crippen molar-refractivity contribution in [2.24, 2.45) is 5.92 Å². The minimum absolute atomic E-state index is 0.419. The van der Waals surface area contributed by atoms with Gasteiger partial charge in [-0.25, -0.2) is 0 Å². The fraction of sp³-hybridized carbons (Fsp3) is 0.500. The third-order valence-electron chi connectivity index (χ3n) is 4.77. The van der Waals surface area contributed by atoms with Gasteiger partial charge in [0.15, 0.2) is 0 Å². The van der Waals surface area contributed by atoms with E-state index in [1.807, 2.05) is 12.3 Å². The molecule has 4 rings (SSSR count). The smallest absolute Gasteiger partial charge is 0.0910 e. The lowest BCUT2D eigenvalue weighted by atomic mass is 10.1. The minimum atomic E-state index is -0.419. The lowest BCUT2D eigenvalue weighted by Gasteiger charge is -2.39. The van der Waals surface area contributed by atoms with E-state index in [1.54, 1.807) is 10.9 Å². The van der Waals surface area contributed by atoms with E-state index in [1.165, 1.54) is 30.8 Å². The first-order chi connectivity index (χ1) is 11.3. The van der Waals surface area contributed by atoms with Gasteiger partial charge in [0.05, 0.1) is 24.0 Å². The number of aliphatic hydroxyl groups excluding tert-OH is 1. The van der Waals surface area contributed by atoms with E-state index in [4.69, 9.17) is 0 Å². The highest BCUT2D eigenvalue weighted by molar-refractivity contribution is 5.73. The van der Waals surface area contributed by atoms with Crippen LogP contribution in [0.2, 0.25) is 0 Å². The summed E-state index contributed by atoms with van der Waals surface area (Å²) in [4.78, 5) is 4.83. The molecule has 23 heavy (non-hydrogen) atoms. The lowest BCUT2D eigenvalue weighted by molar-refractivity contribution is 0.154. The highest BCUT2D eigenvalue weighted by Crippen LogP contribution is 2.37. The van der Waals surface area contributed by atoms with Crippen LogP contribution in [0.5, 0.6) is 0 Å². The molecule has 0 radical (unpaired) electrons. The van der Waals surface area contributed by atoms with Crippen LogP contribution in [-0.2, 0) is 6.54 Å². The predicted octanol–water partition coefficient (Wildman–Crippen LogP) is 1.98. The Hall–Kier alpha value is -2.01. The van der Waals surface area contributed by atoms with Gasteiger partial charge in [-0.15, -0.1) is 0 Å². The van der Waals surface area contributed by atoms with Crippen LogP contribution in [0.3, 0.4) is 0 Å². The van der Waals surface area contributed by atoms with Crippen LogP contribution in [0.4, 0.5) is 11.4 Å². The summed E-state index contributed by atoms with van der Waals surface area (Å²) in [6.07, 6.45) is 5.98. The Labute approximate surface area is 137 Å². The van der Waals surface area contributed by atoms with Crippen LogP contribution in [0.25, 0.3) is 0 Å². The topological polar surface area (TPSA) is 44.5 Å². The number of rotatable bonds is 6. The number of aromatic nitrogens is 2. The summed E-state index contributed by atoms with van der Waals surface area (Å²) < 4.78 is 1.79. The Morgan fingerprint density at radius 2 is 1.78 bits per heavy atom. The normalized spacial score (nSPS) is 18.8. The van der Waals surface area contributed by atoms with Crippen molar-refractivity contribution < 1.29 is 5.11 Å². The van der Waals surface area contributed by atoms with Crippen molar-refractivity contribution in [2.75, 3.05) is 36.0 Å². The summed E-state index contributed by atoms with van der Waals surface area (Å²) in [7, 11) is 0. The summed E-state index contributed by atoms with van der Waals surface area (Å²) in [5.74, 6) is 0.889. The van der Waals surface area contributed by atoms with E-state index in [2.05, 4.69) is 39.2 Å². The second-order valence-electron chi connectivity index (χ2n) is 6.71. The zero-order chi connectivity index (χ0) is 15.6.